The molecular weight excluding hydrogens is 318 g/mol. The first-order valence-electron chi connectivity index (χ1n) is 6.15. The third-order valence-electron chi connectivity index (χ3n) is 3.11. The van der Waals surface area contributed by atoms with Crippen LogP contribution in [0.2, 0.25) is 0 Å². The number of hydrogen-bond acceptors (Lipinski definition) is 5. The first-order valence-corrected chi connectivity index (χ1v) is 6.94. The fraction of sp³-hybridized carbons (Fsp3) is 0.214. The van der Waals surface area contributed by atoms with Gasteiger partial charge in [0.05, 0.1) is 6.04 Å². The Balaban J connectivity index is 2.30. The highest BCUT2D eigenvalue weighted by Gasteiger charge is 2.12. The molecule has 1 atom stereocenters. The van der Waals surface area contributed by atoms with Crippen molar-refractivity contribution in [1.82, 2.24) is 9.97 Å². The van der Waals surface area contributed by atoms with Crippen LogP contribution in [0.1, 0.15) is 29.7 Å². The summed E-state index contributed by atoms with van der Waals surface area (Å²) >= 11 is 3.45. The standard InChI is InChI=1S/C14H16BrN5/c1-8-3-12(15)10(5-16)4-13(8)20-9(2)11-6-18-7-19-14(11)17/h3-7,9,16,20H,1-2H3,(H2,17,18,19). The number of nitrogens with zero attached hydrogens (tertiary/aromatic N) is 2. The van der Waals surface area contributed by atoms with Crippen LogP contribution in [-0.2, 0) is 0 Å². The lowest BCUT2D eigenvalue weighted by atomic mass is 10.1. The summed E-state index contributed by atoms with van der Waals surface area (Å²) in [5.41, 5.74) is 9.58. The lowest BCUT2D eigenvalue weighted by molar-refractivity contribution is 0.865. The van der Waals surface area contributed by atoms with E-state index in [1.54, 1.807) is 6.20 Å². The summed E-state index contributed by atoms with van der Waals surface area (Å²) in [6.45, 7) is 4.01. The highest BCUT2D eigenvalue weighted by Crippen LogP contribution is 2.28. The van der Waals surface area contributed by atoms with Gasteiger partial charge in [0, 0.05) is 33.7 Å². The molecule has 2 rings (SSSR count). The number of nitrogens with one attached hydrogen (secondary N) is 2. The van der Waals surface area contributed by atoms with E-state index < -0.39 is 0 Å². The number of rotatable bonds is 4. The molecule has 104 valence electrons. The summed E-state index contributed by atoms with van der Waals surface area (Å²) in [6, 6.07) is 3.90. The summed E-state index contributed by atoms with van der Waals surface area (Å²) in [4.78, 5) is 8.00. The van der Waals surface area contributed by atoms with Crippen LogP contribution in [0.4, 0.5) is 11.5 Å². The van der Waals surface area contributed by atoms with Crippen molar-refractivity contribution in [3.63, 3.8) is 0 Å². The van der Waals surface area contributed by atoms with Crippen molar-refractivity contribution < 1.29 is 0 Å². The highest BCUT2D eigenvalue weighted by atomic mass is 79.9. The topological polar surface area (TPSA) is 87.7 Å². The van der Waals surface area contributed by atoms with Crippen LogP contribution in [-0.4, -0.2) is 16.2 Å². The van der Waals surface area contributed by atoms with Gasteiger partial charge in [0.25, 0.3) is 0 Å². The molecule has 0 aliphatic rings. The monoisotopic (exact) mass is 333 g/mol. The van der Waals surface area contributed by atoms with Crippen LogP contribution in [0.15, 0.2) is 29.1 Å². The second-order valence-corrected chi connectivity index (χ2v) is 5.42. The van der Waals surface area contributed by atoms with E-state index in [0.717, 1.165) is 26.9 Å². The van der Waals surface area contributed by atoms with E-state index in [2.05, 4.69) is 31.2 Å². The second kappa shape index (κ2) is 6.00. The molecule has 6 heteroatoms. The fourth-order valence-corrected chi connectivity index (χ4v) is 2.52. The minimum absolute atomic E-state index is 0.0188. The molecule has 5 nitrogen and oxygen atoms in total. The number of hydrogen-bond donors (Lipinski definition) is 3. The maximum Gasteiger partial charge on any atom is 0.132 e. The molecule has 1 unspecified atom stereocenters. The number of aromatic nitrogens is 2. The first kappa shape index (κ1) is 14.5. The molecular formula is C14H16BrN5. The predicted octanol–water partition coefficient (Wildman–Crippen LogP) is 3.30. The summed E-state index contributed by atoms with van der Waals surface area (Å²) in [7, 11) is 0. The summed E-state index contributed by atoms with van der Waals surface area (Å²) in [5, 5.41) is 10.8. The van der Waals surface area contributed by atoms with E-state index in [-0.39, 0.29) is 6.04 Å². The maximum atomic E-state index is 7.41. The van der Waals surface area contributed by atoms with Crippen molar-refractivity contribution in [3.05, 3.63) is 45.8 Å². The fourth-order valence-electron chi connectivity index (χ4n) is 1.95. The third-order valence-corrected chi connectivity index (χ3v) is 3.80. The van der Waals surface area contributed by atoms with Gasteiger partial charge in [-0.3, -0.25) is 0 Å². The second-order valence-electron chi connectivity index (χ2n) is 4.56. The Morgan fingerprint density at radius 1 is 1.45 bits per heavy atom. The van der Waals surface area contributed by atoms with Gasteiger partial charge in [0.1, 0.15) is 12.1 Å². The van der Waals surface area contributed by atoms with Gasteiger partial charge >= 0.3 is 0 Å². The molecule has 1 aromatic heterocycles. The van der Waals surface area contributed by atoms with Gasteiger partial charge in [-0.05, 0) is 31.5 Å². The van der Waals surface area contributed by atoms with Crippen molar-refractivity contribution in [2.24, 2.45) is 0 Å². The molecule has 0 fully saturated rings. The van der Waals surface area contributed by atoms with Crippen molar-refractivity contribution in [2.45, 2.75) is 19.9 Å². The number of nitrogen functional groups attached to an aromatic ring is 1. The Kier molecular flexibility index (Phi) is 4.34. The van der Waals surface area contributed by atoms with Crippen molar-refractivity contribution in [3.8, 4) is 0 Å². The molecule has 0 saturated heterocycles. The predicted molar refractivity (Wildman–Crippen MR) is 85.2 cm³/mol. The number of nitrogens with two attached hydrogens (primary N) is 1. The van der Waals surface area contributed by atoms with Crippen molar-refractivity contribution in [1.29, 1.82) is 5.41 Å². The summed E-state index contributed by atoms with van der Waals surface area (Å²) in [5.74, 6) is 0.474. The zero-order chi connectivity index (χ0) is 14.7. The molecule has 0 bridgehead atoms. The zero-order valence-electron chi connectivity index (χ0n) is 11.3. The van der Waals surface area contributed by atoms with Crippen LogP contribution in [0.25, 0.3) is 0 Å². The lowest BCUT2D eigenvalue weighted by Gasteiger charge is -2.19. The van der Waals surface area contributed by atoms with Crippen LogP contribution in [0.3, 0.4) is 0 Å². The highest BCUT2D eigenvalue weighted by molar-refractivity contribution is 9.10. The van der Waals surface area contributed by atoms with Crippen molar-refractivity contribution in [2.75, 3.05) is 11.1 Å². The van der Waals surface area contributed by atoms with Gasteiger partial charge in [-0.2, -0.15) is 0 Å². The SMILES string of the molecule is Cc1cc(Br)c(C=N)cc1NC(C)c1cncnc1N. The zero-order valence-corrected chi connectivity index (χ0v) is 12.9. The Hall–Kier alpha value is -1.95. The lowest BCUT2D eigenvalue weighted by Crippen LogP contribution is -2.11. The molecule has 0 saturated carbocycles. The average Bonchev–Trinajstić information content (AvgIpc) is 2.42. The Bertz CT molecular complexity index is 641. The number of benzene rings is 1. The first-order chi connectivity index (χ1) is 9.52. The minimum atomic E-state index is -0.0188. The molecule has 0 aliphatic heterocycles. The van der Waals surface area contributed by atoms with Gasteiger partial charge < -0.3 is 16.5 Å². The van der Waals surface area contributed by atoms with Crippen molar-refractivity contribution >= 4 is 33.6 Å². The van der Waals surface area contributed by atoms with E-state index in [4.69, 9.17) is 11.1 Å². The number of halogens is 1. The minimum Gasteiger partial charge on any atom is -0.383 e. The van der Waals surface area contributed by atoms with Gasteiger partial charge in [-0.25, -0.2) is 9.97 Å². The van der Waals surface area contributed by atoms with Gasteiger partial charge in [-0.1, -0.05) is 15.9 Å². The van der Waals surface area contributed by atoms with E-state index in [1.165, 1.54) is 12.5 Å². The maximum absolute atomic E-state index is 7.41. The van der Waals surface area contributed by atoms with Gasteiger partial charge in [0.2, 0.25) is 0 Å². The van der Waals surface area contributed by atoms with E-state index in [9.17, 15) is 0 Å². The molecule has 20 heavy (non-hydrogen) atoms. The number of anilines is 2. The van der Waals surface area contributed by atoms with Gasteiger partial charge in [-0.15, -0.1) is 0 Å². The molecule has 0 amide bonds. The molecule has 0 radical (unpaired) electrons. The molecule has 4 N–H and O–H groups in total. The van der Waals surface area contributed by atoms with Crippen LogP contribution in [0.5, 0.6) is 0 Å². The average molecular weight is 334 g/mol. The molecule has 2 aromatic rings. The smallest absolute Gasteiger partial charge is 0.132 e. The Morgan fingerprint density at radius 2 is 2.20 bits per heavy atom. The summed E-state index contributed by atoms with van der Waals surface area (Å²) < 4.78 is 0.908. The van der Waals surface area contributed by atoms with Crippen LogP contribution in [0, 0.1) is 12.3 Å². The Labute approximate surface area is 126 Å². The molecule has 0 aliphatic carbocycles. The molecule has 1 heterocycles. The Morgan fingerprint density at radius 3 is 2.85 bits per heavy atom. The largest absolute Gasteiger partial charge is 0.383 e. The van der Waals surface area contributed by atoms with E-state index in [1.807, 2.05) is 26.0 Å². The normalized spacial score (nSPS) is 11.9. The van der Waals surface area contributed by atoms with Crippen LogP contribution >= 0.6 is 15.9 Å². The van der Waals surface area contributed by atoms with Gasteiger partial charge in [0.15, 0.2) is 0 Å². The third kappa shape index (κ3) is 2.96. The van der Waals surface area contributed by atoms with E-state index >= 15 is 0 Å². The number of aryl methyl sites for hydroxylation is 1. The molecule has 1 aromatic carbocycles. The van der Waals surface area contributed by atoms with Crippen LogP contribution < -0.4 is 11.1 Å². The van der Waals surface area contributed by atoms with E-state index in [0.29, 0.717) is 5.82 Å². The molecule has 0 spiro atoms. The summed E-state index contributed by atoms with van der Waals surface area (Å²) in [6.07, 6.45) is 4.47. The quantitative estimate of drug-likeness (QED) is 0.749.